The van der Waals surface area contributed by atoms with Crippen LogP contribution in [0.15, 0.2) is 138 Å². The largest absolute Gasteiger partial charge is 1.00 e. The van der Waals surface area contributed by atoms with Crippen LogP contribution in [0.25, 0.3) is 22.5 Å². The van der Waals surface area contributed by atoms with E-state index in [-0.39, 0.29) is 139 Å². The third kappa shape index (κ3) is 30.0. The fraction of sp³-hybridized carbons (Fsp3) is 0.457. The minimum atomic E-state index is -0.833. The first-order valence-corrected chi connectivity index (χ1v) is 45.8. The summed E-state index contributed by atoms with van der Waals surface area (Å²) in [5.74, 6) is -1.58. The molecule has 8 aromatic rings. The molecular formula is C92H111Br2Cl4LiN8O25Pd. The number of halogens is 6. The first-order valence-electron chi connectivity index (χ1n) is 42.7. The molecule has 4 aromatic carbocycles. The van der Waals surface area contributed by atoms with Crippen molar-refractivity contribution in [2.45, 2.75) is 143 Å². The van der Waals surface area contributed by atoms with E-state index in [9.17, 15) is 38.4 Å². The molecule has 4 unspecified atom stereocenters. The molecule has 10 heterocycles. The number of rotatable bonds is 32. The SMILES string of the molecule is CC(=O)O.CC(=O)O.CCOC(=O)c1cn(N2CCCC2c2cc(OCCCOC)c(Cl)cc2Br)ccc1=O.CCOC(=O)c1cn(N2CCCC2c2cc(OCCCOC)c(Cl)cc2Br)ccc1=O.CCOC(=O)c1cn2c(cc1=O)-c1cc(Cl)c(OCCCOC)cc1C1CCCN12.CCOC(=O)c1cn2c(cc1=O)-c1cc(Cl)c(OCCCOC)cc1C1CCCN12.[Li+].[OH-].[Pd]. The number of aliphatic carboxylic acids is 2. The van der Waals surface area contributed by atoms with Gasteiger partial charge >= 0.3 is 42.7 Å². The topological polar surface area (TPSA) is 385 Å². The van der Waals surface area contributed by atoms with E-state index in [1.54, 1.807) is 103 Å². The molecule has 0 bridgehead atoms. The van der Waals surface area contributed by atoms with Crippen LogP contribution in [-0.2, 0) is 67.9 Å². The number of hydrogen-bond donors (Lipinski definition) is 2. The maximum Gasteiger partial charge on any atom is 1.00 e. The van der Waals surface area contributed by atoms with Gasteiger partial charge in [-0.05, 0) is 150 Å². The molecule has 0 radical (unpaired) electrons. The van der Waals surface area contributed by atoms with Crippen molar-refractivity contribution in [1.82, 2.24) is 18.7 Å². The van der Waals surface area contributed by atoms with Crippen molar-refractivity contribution in [2.24, 2.45) is 0 Å². The van der Waals surface area contributed by atoms with E-state index in [0.717, 1.165) is 159 Å². The molecule has 4 fully saturated rings. The molecular weight excluding hydrogens is 2030 g/mol. The van der Waals surface area contributed by atoms with Crippen molar-refractivity contribution in [3.8, 4) is 45.5 Å². The zero-order valence-electron chi connectivity index (χ0n) is 76.0. The van der Waals surface area contributed by atoms with E-state index in [0.29, 0.717) is 107 Å². The van der Waals surface area contributed by atoms with Crippen LogP contribution < -0.4 is 79.6 Å². The summed E-state index contributed by atoms with van der Waals surface area (Å²) in [6.07, 6.45) is 20.4. The standard InChI is InChI=1S/2C22H26BrClN2O5.2C22H25ClN2O5.2C2H4O2.Li.H2O.Pd/c2*1-3-30-22(28)16-14-25(9-7-20(16)27)26-8-4-6-19(26)15-12-21(18(24)13-17(15)23)31-11-5-10-29-2;2*1-3-29-22(27)16-13-25-19(12-20(16)26)14-10-17(23)21(30-9-5-8-28-2)11-15(14)18-6-4-7-24(18)25;2*1-2(3)4;;;/h2*7,9,12-14,19H,3-6,8,10-11H2,1-2H3;2*10-13,18H,3-9H2,1-2H3;2*1H3,(H,3,4);;1H2;/q;;;;;;+1;;/p-1. The Hall–Kier alpha value is -8.92. The summed E-state index contributed by atoms with van der Waals surface area (Å²) >= 11 is 33.1. The average molecular weight is 2140 g/mol. The van der Waals surface area contributed by atoms with E-state index < -0.39 is 35.8 Å². The Morgan fingerprint density at radius 2 is 0.639 bits per heavy atom. The summed E-state index contributed by atoms with van der Waals surface area (Å²) in [5, 5.41) is 25.5. The van der Waals surface area contributed by atoms with Gasteiger partial charge in [0.25, 0.3) is 11.9 Å². The first kappa shape index (κ1) is 113. The van der Waals surface area contributed by atoms with E-state index in [2.05, 4.69) is 51.9 Å². The molecule has 0 aliphatic carbocycles. The summed E-state index contributed by atoms with van der Waals surface area (Å²) in [4.78, 5) is 116. The van der Waals surface area contributed by atoms with E-state index >= 15 is 0 Å². The Morgan fingerprint density at radius 1 is 0.383 bits per heavy atom. The van der Waals surface area contributed by atoms with Crippen molar-refractivity contribution in [3.05, 3.63) is 224 Å². The minimum Gasteiger partial charge on any atom is -0.870 e. The minimum absolute atomic E-state index is 0. The van der Waals surface area contributed by atoms with Crippen LogP contribution in [-0.4, -0.2) is 204 Å². The number of methoxy groups -OCH3 is 4. The number of esters is 4. The second kappa shape index (κ2) is 55.9. The predicted molar refractivity (Wildman–Crippen MR) is 503 cm³/mol. The summed E-state index contributed by atoms with van der Waals surface area (Å²) < 4.78 is 73.1. The molecule has 4 aromatic heterocycles. The normalized spacial score (nSPS) is 15.3. The monoisotopic (exact) mass is 2140 g/mol. The second-order valence-corrected chi connectivity index (χ2v) is 33.4. The Labute approximate surface area is 833 Å². The third-order valence-corrected chi connectivity index (χ3v) is 23.8. The van der Waals surface area contributed by atoms with Crippen LogP contribution in [0.1, 0.15) is 206 Å². The maximum absolute atomic E-state index is 12.7. The van der Waals surface area contributed by atoms with E-state index in [4.69, 9.17) is 123 Å². The van der Waals surface area contributed by atoms with Crippen molar-refractivity contribution >= 4 is 114 Å². The summed E-state index contributed by atoms with van der Waals surface area (Å²) in [6.45, 7) is 17.6. The van der Waals surface area contributed by atoms with Gasteiger partial charge in [-0.25, -0.2) is 19.2 Å². The number of ether oxygens (including phenoxy) is 12. The third-order valence-electron chi connectivity index (χ3n) is 21.2. The van der Waals surface area contributed by atoms with Crippen molar-refractivity contribution < 1.29 is 141 Å². The number of pyridine rings is 4. The number of carbonyl (C=O) groups is 6. The van der Waals surface area contributed by atoms with Crippen molar-refractivity contribution in [3.63, 3.8) is 0 Å². The zero-order chi connectivity index (χ0) is 94.4. The van der Waals surface area contributed by atoms with Gasteiger partial charge in [0.1, 0.15) is 45.3 Å². The van der Waals surface area contributed by atoms with Crippen LogP contribution in [0.4, 0.5) is 0 Å². The maximum atomic E-state index is 12.7. The number of fused-ring (bicyclic) bond motifs is 12. The number of benzene rings is 4. The van der Waals surface area contributed by atoms with Gasteiger partial charge in [-0.3, -0.25) is 47.5 Å². The average Bonchev–Trinajstić information content (AvgIpc) is 1.70. The van der Waals surface area contributed by atoms with Crippen molar-refractivity contribution in [1.29, 1.82) is 0 Å². The molecule has 4 saturated heterocycles. The number of carbonyl (C=O) groups excluding carboxylic acids is 4. The van der Waals surface area contributed by atoms with Gasteiger partial charge in [-0.1, -0.05) is 78.3 Å². The van der Waals surface area contributed by atoms with Crippen LogP contribution in [0, 0.1) is 0 Å². The van der Waals surface area contributed by atoms with Gasteiger partial charge in [0.15, 0.2) is 21.7 Å². The van der Waals surface area contributed by atoms with Gasteiger partial charge in [0, 0.05) is 223 Å². The fourth-order valence-corrected chi connectivity index (χ4v) is 18.0. The van der Waals surface area contributed by atoms with Crippen LogP contribution >= 0.6 is 78.3 Å². The predicted octanol–water partition coefficient (Wildman–Crippen LogP) is 12.8. The molecule has 3 N–H and O–H groups in total. The molecule has 722 valence electrons. The Bertz CT molecular complexity index is 5200. The van der Waals surface area contributed by atoms with E-state index in [1.807, 2.05) is 57.9 Å². The Morgan fingerprint density at radius 3 is 0.917 bits per heavy atom. The smallest absolute Gasteiger partial charge is 0.870 e. The van der Waals surface area contributed by atoms with Gasteiger partial charge in [-0.2, -0.15) is 0 Å². The summed E-state index contributed by atoms with van der Waals surface area (Å²) in [5.41, 5.74) is 6.12. The number of carboxylic acid groups (broad SMARTS) is 2. The molecule has 0 spiro atoms. The molecule has 33 nitrogen and oxygen atoms in total. The zero-order valence-corrected chi connectivity index (χ0v) is 83.7. The Balaban J connectivity index is 0.000000263. The van der Waals surface area contributed by atoms with Gasteiger partial charge in [0.2, 0.25) is 0 Å². The quantitative estimate of drug-likeness (QED) is 0.0171. The van der Waals surface area contributed by atoms with Gasteiger partial charge in [0.05, 0.1) is 109 Å². The van der Waals surface area contributed by atoms with Crippen LogP contribution in [0.3, 0.4) is 0 Å². The van der Waals surface area contributed by atoms with Crippen LogP contribution in [0.5, 0.6) is 23.0 Å². The molecule has 6 aliphatic heterocycles. The van der Waals surface area contributed by atoms with Gasteiger partial charge < -0.3 is 92.6 Å². The molecule has 14 rings (SSSR count). The van der Waals surface area contributed by atoms with Gasteiger partial charge in [-0.15, -0.1) is 0 Å². The molecule has 133 heavy (non-hydrogen) atoms. The number of hydrogen-bond acceptors (Lipinski definition) is 27. The molecule has 6 aliphatic rings. The molecule has 0 amide bonds. The molecule has 41 heteroatoms. The van der Waals surface area contributed by atoms with Crippen LogP contribution in [0.2, 0.25) is 20.1 Å². The van der Waals surface area contributed by atoms with E-state index in [1.165, 1.54) is 24.3 Å². The first-order chi connectivity index (χ1) is 62.5. The molecule has 0 saturated carbocycles. The number of nitrogens with zero attached hydrogens (tertiary/aromatic N) is 8. The van der Waals surface area contributed by atoms with Crippen molar-refractivity contribution in [2.75, 3.05) is 154 Å². The fourth-order valence-electron chi connectivity index (χ4n) is 15.6. The number of carboxylic acids is 2. The summed E-state index contributed by atoms with van der Waals surface area (Å²) in [6, 6.07) is 21.3. The number of aromatic nitrogens is 4. The summed E-state index contributed by atoms with van der Waals surface area (Å²) in [7, 11) is 6.63. The second-order valence-electron chi connectivity index (χ2n) is 30.1. The Kier molecular flexibility index (Phi) is 47.5. The molecule has 4 atom stereocenters.